The maximum atomic E-state index is 2.42. The highest BCUT2D eigenvalue weighted by molar-refractivity contribution is 4.88. The summed E-state index contributed by atoms with van der Waals surface area (Å²) in [5.74, 6) is 3.38. The topological polar surface area (TPSA) is 0 Å². The second-order valence-electron chi connectivity index (χ2n) is 3.65. The molecule has 1 atom stereocenters. The molecule has 0 aromatic carbocycles. The van der Waals surface area contributed by atoms with E-state index in [1.807, 2.05) is 0 Å². The van der Waals surface area contributed by atoms with Crippen LogP contribution in [0.4, 0.5) is 0 Å². The zero-order valence-electron chi connectivity index (χ0n) is 5.56. The lowest BCUT2D eigenvalue weighted by Gasteiger charge is -2.45. The first-order chi connectivity index (χ1) is 3.86. The van der Waals surface area contributed by atoms with E-state index in [4.69, 9.17) is 0 Å². The molecule has 2 bridgehead atoms. The van der Waals surface area contributed by atoms with Gasteiger partial charge in [0.25, 0.3) is 0 Å². The third-order valence-electron chi connectivity index (χ3n) is 3.11. The van der Waals surface area contributed by atoms with Crippen molar-refractivity contribution in [1.29, 1.82) is 0 Å². The standard InChI is InChI=1S/C8H14/c1-6-2-3-7-4-8(6)5-7/h6-8H,2-5H2,1H3/t6-,7?,8?/m1/s1. The molecule has 0 N–H and O–H groups in total. The van der Waals surface area contributed by atoms with Crippen molar-refractivity contribution in [1.82, 2.24) is 0 Å². The molecule has 0 spiro atoms. The SMILES string of the molecule is C[C@@H]1CCC2CC1C2. The molecule has 0 heteroatoms. The summed E-state index contributed by atoms with van der Waals surface area (Å²) in [5, 5.41) is 0. The van der Waals surface area contributed by atoms with Crippen molar-refractivity contribution in [2.24, 2.45) is 17.8 Å². The van der Waals surface area contributed by atoms with Crippen LogP contribution < -0.4 is 0 Å². The van der Waals surface area contributed by atoms with Gasteiger partial charge < -0.3 is 0 Å². The molecular weight excluding hydrogens is 96.1 g/mol. The first kappa shape index (κ1) is 4.84. The minimum absolute atomic E-state index is 1.07. The zero-order valence-corrected chi connectivity index (χ0v) is 5.56. The minimum Gasteiger partial charge on any atom is -0.0622 e. The van der Waals surface area contributed by atoms with Crippen LogP contribution in [-0.2, 0) is 0 Å². The fraction of sp³-hybridized carbons (Fsp3) is 1.00. The lowest BCUT2D eigenvalue weighted by Crippen LogP contribution is -2.34. The van der Waals surface area contributed by atoms with E-state index < -0.39 is 0 Å². The number of hydrogen-bond acceptors (Lipinski definition) is 0. The third kappa shape index (κ3) is 0.519. The molecule has 0 amide bonds. The van der Waals surface area contributed by atoms with E-state index in [-0.39, 0.29) is 0 Å². The normalized spacial score (nSPS) is 52.9. The molecule has 3 aliphatic rings. The molecule has 0 radical (unpaired) electrons. The summed E-state index contributed by atoms with van der Waals surface area (Å²) in [5.41, 5.74) is 0. The van der Waals surface area contributed by atoms with Crippen LogP contribution in [0.3, 0.4) is 0 Å². The van der Waals surface area contributed by atoms with Crippen LogP contribution in [0, 0.1) is 17.8 Å². The molecule has 0 aromatic rings. The highest BCUT2D eigenvalue weighted by Crippen LogP contribution is 2.48. The molecule has 8 heavy (non-hydrogen) atoms. The first-order valence-electron chi connectivity index (χ1n) is 3.86. The van der Waals surface area contributed by atoms with Gasteiger partial charge in [0.1, 0.15) is 0 Å². The number of fused-ring (bicyclic) bond motifs is 2. The molecule has 3 rings (SSSR count). The van der Waals surface area contributed by atoms with Gasteiger partial charge in [-0.2, -0.15) is 0 Å². The summed E-state index contributed by atoms with van der Waals surface area (Å²) in [6.45, 7) is 2.42. The Bertz CT molecular complexity index is 84.7. The predicted octanol–water partition coefficient (Wildman–Crippen LogP) is 2.44. The van der Waals surface area contributed by atoms with Gasteiger partial charge in [-0.3, -0.25) is 0 Å². The summed E-state index contributed by atoms with van der Waals surface area (Å²) in [7, 11) is 0. The van der Waals surface area contributed by atoms with Crippen LogP contribution in [0.15, 0.2) is 0 Å². The maximum Gasteiger partial charge on any atom is -0.0383 e. The highest BCUT2D eigenvalue weighted by Gasteiger charge is 2.37. The monoisotopic (exact) mass is 110 g/mol. The van der Waals surface area contributed by atoms with Crippen molar-refractivity contribution in [3.05, 3.63) is 0 Å². The van der Waals surface area contributed by atoms with Gasteiger partial charge in [-0.05, 0) is 30.6 Å². The molecule has 0 nitrogen and oxygen atoms in total. The molecule has 3 aliphatic carbocycles. The van der Waals surface area contributed by atoms with Crippen LogP contribution in [0.25, 0.3) is 0 Å². The molecule has 0 aliphatic heterocycles. The van der Waals surface area contributed by atoms with E-state index in [1.165, 1.54) is 12.8 Å². The van der Waals surface area contributed by atoms with Crippen LogP contribution in [-0.4, -0.2) is 0 Å². The Hall–Kier alpha value is 0. The van der Waals surface area contributed by atoms with Crippen molar-refractivity contribution in [2.45, 2.75) is 32.6 Å². The molecule has 0 aromatic heterocycles. The van der Waals surface area contributed by atoms with E-state index in [1.54, 1.807) is 12.8 Å². The van der Waals surface area contributed by atoms with Crippen molar-refractivity contribution < 1.29 is 0 Å². The molecular formula is C8H14. The first-order valence-corrected chi connectivity index (χ1v) is 3.86. The Kier molecular flexibility index (Phi) is 0.902. The molecule has 46 valence electrons. The van der Waals surface area contributed by atoms with Crippen LogP contribution in [0.1, 0.15) is 32.6 Å². The fourth-order valence-corrected chi connectivity index (χ4v) is 2.22. The predicted molar refractivity (Wildman–Crippen MR) is 34.6 cm³/mol. The quantitative estimate of drug-likeness (QED) is 0.449. The minimum atomic E-state index is 1.07. The van der Waals surface area contributed by atoms with Crippen molar-refractivity contribution in [2.75, 3.05) is 0 Å². The van der Waals surface area contributed by atoms with Gasteiger partial charge in [0.15, 0.2) is 0 Å². The number of hydrogen-bond donors (Lipinski definition) is 0. The average Bonchev–Trinajstić information content (AvgIpc) is 1.62. The molecule has 0 heterocycles. The van der Waals surface area contributed by atoms with E-state index >= 15 is 0 Å². The number of rotatable bonds is 0. The Labute approximate surface area is 51.3 Å². The van der Waals surface area contributed by atoms with Crippen LogP contribution in [0.2, 0.25) is 0 Å². The van der Waals surface area contributed by atoms with Gasteiger partial charge in [-0.1, -0.05) is 19.8 Å². The fourth-order valence-electron chi connectivity index (χ4n) is 2.22. The Morgan fingerprint density at radius 3 is 2.12 bits per heavy atom. The second kappa shape index (κ2) is 1.49. The van der Waals surface area contributed by atoms with Crippen LogP contribution in [0.5, 0.6) is 0 Å². The summed E-state index contributed by atoms with van der Waals surface area (Å²) in [6, 6.07) is 0. The average molecular weight is 110 g/mol. The highest BCUT2D eigenvalue weighted by atomic mass is 14.4. The zero-order chi connectivity index (χ0) is 5.56. The molecule has 3 saturated carbocycles. The van der Waals surface area contributed by atoms with Crippen molar-refractivity contribution in [3.8, 4) is 0 Å². The van der Waals surface area contributed by atoms with Gasteiger partial charge >= 0.3 is 0 Å². The van der Waals surface area contributed by atoms with Gasteiger partial charge in [0.2, 0.25) is 0 Å². The molecule has 0 unspecified atom stereocenters. The Balaban J connectivity index is 2.01. The lowest BCUT2D eigenvalue weighted by molar-refractivity contribution is 0.0599. The van der Waals surface area contributed by atoms with Gasteiger partial charge in [-0.25, -0.2) is 0 Å². The molecule has 3 fully saturated rings. The third-order valence-corrected chi connectivity index (χ3v) is 3.11. The molecule has 0 saturated heterocycles. The maximum absolute atomic E-state index is 2.42. The van der Waals surface area contributed by atoms with Gasteiger partial charge in [0, 0.05) is 0 Å². The smallest absolute Gasteiger partial charge is 0.0383 e. The van der Waals surface area contributed by atoms with E-state index in [9.17, 15) is 0 Å². The lowest BCUT2D eigenvalue weighted by atomic mass is 9.61. The van der Waals surface area contributed by atoms with Gasteiger partial charge in [0.05, 0.1) is 0 Å². The van der Waals surface area contributed by atoms with Crippen molar-refractivity contribution in [3.63, 3.8) is 0 Å². The Morgan fingerprint density at radius 1 is 1.12 bits per heavy atom. The summed E-state index contributed by atoms with van der Waals surface area (Å²) >= 11 is 0. The van der Waals surface area contributed by atoms with Crippen LogP contribution >= 0.6 is 0 Å². The summed E-state index contributed by atoms with van der Waals surface area (Å²) < 4.78 is 0. The second-order valence-corrected chi connectivity index (χ2v) is 3.65. The van der Waals surface area contributed by atoms with Gasteiger partial charge in [-0.15, -0.1) is 0 Å². The van der Waals surface area contributed by atoms with E-state index in [0.717, 1.165) is 17.8 Å². The summed E-state index contributed by atoms with van der Waals surface area (Å²) in [6.07, 6.45) is 6.20. The Morgan fingerprint density at radius 2 is 1.88 bits per heavy atom. The van der Waals surface area contributed by atoms with E-state index in [0.29, 0.717) is 0 Å². The summed E-state index contributed by atoms with van der Waals surface area (Å²) in [4.78, 5) is 0. The van der Waals surface area contributed by atoms with E-state index in [2.05, 4.69) is 6.92 Å². The largest absolute Gasteiger partial charge is 0.0622 e. The van der Waals surface area contributed by atoms with Crippen molar-refractivity contribution >= 4 is 0 Å².